The van der Waals surface area contributed by atoms with Crippen LogP contribution in [0.3, 0.4) is 0 Å². The Morgan fingerprint density at radius 1 is 0.960 bits per heavy atom. The number of nitrogen functional groups attached to an aromatic ring is 1. The predicted molar refractivity (Wildman–Crippen MR) is 88.7 cm³/mol. The number of rotatable bonds is 2. The first-order valence-corrected chi connectivity index (χ1v) is 8.45. The van der Waals surface area contributed by atoms with Crippen LogP contribution in [0, 0.1) is 0 Å². The maximum absolute atomic E-state index is 11.6. The first kappa shape index (κ1) is 17.8. The average Bonchev–Trinajstić information content (AvgIpc) is 2.98. The van der Waals surface area contributed by atoms with Crippen LogP contribution in [0.5, 0.6) is 0 Å². The fourth-order valence-electron chi connectivity index (χ4n) is 2.64. The van der Waals surface area contributed by atoms with E-state index in [1.54, 1.807) is 48.5 Å². The molecule has 1 aromatic heterocycles. The van der Waals surface area contributed by atoms with Crippen LogP contribution in [-0.2, 0) is 10.1 Å². The molecule has 0 unspecified atom stereocenters. The van der Waals surface area contributed by atoms with Crippen molar-refractivity contribution in [3.63, 3.8) is 0 Å². The van der Waals surface area contributed by atoms with Crippen LogP contribution in [0.4, 0.5) is 5.69 Å². The number of hydrogen-bond donors (Lipinski definition) is 1. The maximum Gasteiger partial charge on any atom is 1.00 e. The number of anilines is 1. The molecule has 0 aliphatic rings. The van der Waals surface area contributed by atoms with Gasteiger partial charge in [-0.3, -0.25) is 0 Å². The number of aromatic nitrogens is 3. The van der Waals surface area contributed by atoms with Gasteiger partial charge in [0.25, 0.3) is 0 Å². The fourth-order valence-corrected chi connectivity index (χ4v) is 3.35. The Labute approximate surface area is 165 Å². The van der Waals surface area contributed by atoms with Gasteiger partial charge in [-0.2, -0.15) is 4.80 Å². The summed E-state index contributed by atoms with van der Waals surface area (Å²) >= 11 is 0. The van der Waals surface area contributed by atoms with Gasteiger partial charge in [0.05, 0.1) is 10.6 Å². The Bertz CT molecular complexity index is 1190. The van der Waals surface area contributed by atoms with Crippen LogP contribution < -0.4 is 35.3 Å². The summed E-state index contributed by atoms with van der Waals surface area (Å²) in [6.07, 6.45) is 0. The molecule has 25 heavy (non-hydrogen) atoms. The first-order valence-electron chi connectivity index (χ1n) is 7.04. The molecule has 7 nitrogen and oxygen atoms in total. The van der Waals surface area contributed by atoms with E-state index in [0.717, 1.165) is 0 Å². The van der Waals surface area contributed by atoms with Crippen molar-refractivity contribution in [3.8, 4) is 5.69 Å². The van der Waals surface area contributed by atoms with Gasteiger partial charge in [0.1, 0.15) is 21.2 Å². The molecule has 2 N–H and O–H groups in total. The molecule has 0 spiro atoms. The standard InChI is InChI=1S/C16H12N4O3S.Na/c17-10-5-7-11(8-6-10)20-18-14-9-15(24(21,22)23)12-3-1-2-4-13(12)16(14)19-20;/h1-9H,17H2,(H,21,22,23);/q;+1/p-1. The molecule has 0 fully saturated rings. The van der Waals surface area contributed by atoms with Crippen molar-refractivity contribution in [2.45, 2.75) is 4.90 Å². The van der Waals surface area contributed by atoms with Crippen LogP contribution in [0.15, 0.2) is 59.5 Å². The van der Waals surface area contributed by atoms with E-state index in [9.17, 15) is 13.0 Å². The molecule has 1 heterocycles. The average molecular weight is 362 g/mol. The molecule has 0 saturated carbocycles. The molecule has 0 amide bonds. The number of fused-ring (bicyclic) bond motifs is 3. The third-order valence-corrected chi connectivity index (χ3v) is 4.63. The molecule has 0 saturated heterocycles. The zero-order chi connectivity index (χ0) is 16.9. The van der Waals surface area contributed by atoms with E-state index < -0.39 is 10.1 Å². The van der Waals surface area contributed by atoms with Crippen LogP contribution in [-0.4, -0.2) is 28.0 Å². The summed E-state index contributed by atoms with van der Waals surface area (Å²) in [5.74, 6) is 0. The van der Waals surface area contributed by atoms with E-state index in [0.29, 0.717) is 33.2 Å². The van der Waals surface area contributed by atoms with Crippen molar-refractivity contribution in [2.24, 2.45) is 0 Å². The zero-order valence-corrected chi connectivity index (χ0v) is 16.1. The number of nitrogens with two attached hydrogens (primary N) is 1. The van der Waals surface area contributed by atoms with E-state index in [4.69, 9.17) is 5.73 Å². The molecule has 4 aromatic rings. The van der Waals surface area contributed by atoms with Crippen molar-refractivity contribution in [1.29, 1.82) is 0 Å². The van der Waals surface area contributed by atoms with E-state index in [1.807, 2.05) is 0 Å². The van der Waals surface area contributed by atoms with E-state index >= 15 is 0 Å². The minimum absolute atomic E-state index is 0. The summed E-state index contributed by atoms with van der Waals surface area (Å²) < 4.78 is 34.7. The summed E-state index contributed by atoms with van der Waals surface area (Å²) in [6.45, 7) is 0. The Balaban J connectivity index is 0.00000182. The summed E-state index contributed by atoms with van der Waals surface area (Å²) in [5.41, 5.74) is 7.82. The van der Waals surface area contributed by atoms with Gasteiger partial charge in [0, 0.05) is 16.5 Å². The summed E-state index contributed by atoms with van der Waals surface area (Å²) in [7, 11) is -4.63. The van der Waals surface area contributed by atoms with Gasteiger partial charge in [-0.05, 0) is 30.3 Å². The molecule has 3 aromatic carbocycles. The summed E-state index contributed by atoms with van der Waals surface area (Å²) in [6, 6.07) is 14.9. The fraction of sp³-hybridized carbons (Fsp3) is 0. The van der Waals surface area contributed by atoms with Gasteiger partial charge in [0.15, 0.2) is 0 Å². The van der Waals surface area contributed by atoms with Crippen LogP contribution in [0.1, 0.15) is 0 Å². The van der Waals surface area contributed by atoms with Gasteiger partial charge in [-0.1, -0.05) is 24.3 Å². The van der Waals surface area contributed by atoms with Gasteiger partial charge in [-0.15, -0.1) is 10.2 Å². The van der Waals surface area contributed by atoms with Crippen molar-refractivity contribution in [1.82, 2.24) is 15.0 Å². The molecular weight excluding hydrogens is 351 g/mol. The monoisotopic (exact) mass is 362 g/mol. The summed E-state index contributed by atoms with van der Waals surface area (Å²) in [4.78, 5) is 1.09. The predicted octanol–water partition coefficient (Wildman–Crippen LogP) is -0.936. The molecule has 120 valence electrons. The first-order chi connectivity index (χ1) is 11.4. The third-order valence-electron chi connectivity index (χ3n) is 3.75. The second-order valence-electron chi connectivity index (χ2n) is 5.32. The normalized spacial score (nSPS) is 11.6. The molecule has 4 rings (SSSR count). The SMILES string of the molecule is Nc1ccc(-n2nc3cc(S(=O)(=O)[O-])c4ccccc4c3n2)cc1.[Na+]. The third kappa shape index (κ3) is 3.14. The summed E-state index contributed by atoms with van der Waals surface area (Å²) in [5, 5.41) is 9.63. The van der Waals surface area contributed by atoms with Gasteiger partial charge in [0.2, 0.25) is 0 Å². The minimum Gasteiger partial charge on any atom is -0.744 e. The molecular formula is C16H11N4NaO3S. The van der Waals surface area contributed by atoms with Crippen molar-refractivity contribution in [3.05, 3.63) is 54.6 Å². The Hall–Kier alpha value is -1.97. The number of benzene rings is 3. The van der Waals surface area contributed by atoms with Crippen molar-refractivity contribution < 1.29 is 42.5 Å². The quantitative estimate of drug-likeness (QED) is 0.280. The van der Waals surface area contributed by atoms with Crippen molar-refractivity contribution >= 4 is 37.6 Å². The van der Waals surface area contributed by atoms with Crippen LogP contribution in [0.25, 0.3) is 27.5 Å². The molecule has 0 aliphatic carbocycles. The zero-order valence-electron chi connectivity index (χ0n) is 13.2. The molecule has 0 aliphatic heterocycles. The topological polar surface area (TPSA) is 114 Å². The van der Waals surface area contributed by atoms with E-state index in [-0.39, 0.29) is 34.5 Å². The Kier molecular flexibility index (Phi) is 4.56. The minimum atomic E-state index is -4.63. The smallest absolute Gasteiger partial charge is 0.744 e. The maximum atomic E-state index is 11.6. The van der Waals surface area contributed by atoms with Crippen LogP contribution >= 0.6 is 0 Å². The molecule has 9 heteroatoms. The van der Waals surface area contributed by atoms with E-state index in [2.05, 4.69) is 10.2 Å². The second kappa shape index (κ2) is 6.40. The van der Waals surface area contributed by atoms with Gasteiger partial charge < -0.3 is 10.3 Å². The Morgan fingerprint density at radius 3 is 2.24 bits per heavy atom. The molecule has 0 bridgehead atoms. The largest absolute Gasteiger partial charge is 1.00 e. The second-order valence-corrected chi connectivity index (χ2v) is 6.67. The number of nitrogens with zero attached hydrogens (tertiary/aromatic N) is 3. The van der Waals surface area contributed by atoms with Crippen molar-refractivity contribution in [2.75, 3.05) is 5.73 Å². The van der Waals surface area contributed by atoms with Gasteiger partial charge in [-0.25, -0.2) is 8.42 Å². The van der Waals surface area contributed by atoms with Gasteiger partial charge >= 0.3 is 29.6 Å². The number of hydrogen-bond acceptors (Lipinski definition) is 6. The van der Waals surface area contributed by atoms with E-state index in [1.165, 1.54) is 10.9 Å². The molecule has 0 radical (unpaired) electrons. The molecule has 0 atom stereocenters. The Morgan fingerprint density at radius 2 is 1.60 bits per heavy atom. The van der Waals surface area contributed by atoms with Crippen LogP contribution in [0.2, 0.25) is 0 Å².